The fourth-order valence-electron chi connectivity index (χ4n) is 1.60. The van der Waals surface area contributed by atoms with Gasteiger partial charge in [-0.15, -0.1) is 0 Å². The van der Waals surface area contributed by atoms with E-state index in [1.807, 2.05) is 0 Å². The van der Waals surface area contributed by atoms with E-state index in [1.54, 1.807) is 0 Å². The number of ether oxygens (including phenoxy) is 1. The van der Waals surface area contributed by atoms with Crippen LogP contribution in [-0.4, -0.2) is 62.1 Å². The van der Waals surface area contributed by atoms with Crippen LogP contribution < -0.4 is 16.8 Å². The van der Waals surface area contributed by atoms with Crippen LogP contribution in [0.1, 0.15) is 6.42 Å². The highest BCUT2D eigenvalue weighted by molar-refractivity contribution is 5.87. The molecule has 1 fully saturated rings. The van der Waals surface area contributed by atoms with Crippen molar-refractivity contribution in [2.75, 3.05) is 39.4 Å². The minimum Gasteiger partial charge on any atom is -0.379 e. The molecule has 0 spiro atoms. The van der Waals surface area contributed by atoms with Gasteiger partial charge in [-0.1, -0.05) is 0 Å². The first-order valence-electron chi connectivity index (χ1n) is 5.71. The van der Waals surface area contributed by atoms with Gasteiger partial charge in [-0.2, -0.15) is 0 Å². The Hall–Kier alpha value is -1.18. The van der Waals surface area contributed by atoms with Crippen molar-refractivity contribution in [2.45, 2.75) is 12.5 Å². The number of rotatable bonds is 6. The average Bonchev–Trinajstić information content (AvgIpc) is 2.29. The lowest BCUT2D eigenvalue weighted by Crippen LogP contribution is -2.46. The van der Waals surface area contributed by atoms with Crippen LogP contribution in [0.3, 0.4) is 0 Å². The third kappa shape index (κ3) is 5.62. The van der Waals surface area contributed by atoms with Gasteiger partial charge in [0.15, 0.2) is 0 Å². The summed E-state index contributed by atoms with van der Waals surface area (Å²) < 4.78 is 5.21. The third-order valence-electron chi connectivity index (χ3n) is 2.59. The molecule has 7 nitrogen and oxygen atoms in total. The number of hydrogen-bond donors (Lipinski definition) is 3. The Morgan fingerprint density at radius 3 is 2.59 bits per heavy atom. The zero-order valence-corrected chi connectivity index (χ0v) is 9.85. The molecule has 0 saturated carbocycles. The van der Waals surface area contributed by atoms with E-state index < -0.39 is 11.9 Å². The van der Waals surface area contributed by atoms with Gasteiger partial charge in [0.05, 0.1) is 25.7 Å². The number of primary amides is 1. The second-order valence-electron chi connectivity index (χ2n) is 4.02. The van der Waals surface area contributed by atoms with Crippen molar-refractivity contribution < 1.29 is 14.3 Å². The van der Waals surface area contributed by atoms with Crippen molar-refractivity contribution in [3.8, 4) is 0 Å². The molecular formula is C10H20N4O3. The summed E-state index contributed by atoms with van der Waals surface area (Å²) in [5.41, 5.74) is 10.4. The standard InChI is InChI=1S/C10H20N4O3/c11-8(7-9(12)15)10(16)13-1-2-14-3-5-17-6-4-14/h8H,1-7,11H2,(H2,12,15)(H,13,16). The molecule has 1 unspecified atom stereocenters. The highest BCUT2D eigenvalue weighted by atomic mass is 16.5. The lowest BCUT2D eigenvalue weighted by Gasteiger charge is -2.26. The molecule has 0 aliphatic carbocycles. The van der Waals surface area contributed by atoms with Gasteiger partial charge >= 0.3 is 0 Å². The third-order valence-corrected chi connectivity index (χ3v) is 2.59. The summed E-state index contributed by atoms with van der Waals surface area (Å²) in [5, 5.41) is 2.68. The van der Waals surface area contributed by atoms with Crippen molar-refractivity contribution in [3.63, 3.8) is 0 Å². The molecule has 1 atom stereocenters. The predicted octanol–water partition coefficient (Wildman–Crippen LogP) is -2.36. The zero-order chi connectivity index (χ0) is 12.7. The van der Waals surface area contributed by atoms with Crippen LogP contribution in [-0.2, 0) is 14.3 Å². The maximum atomic E-state index is 11.4. The quantitative estimate of drug-likeness (QED) is 0.484. The number of hydrogen-bond acceptors (Lipinski definition) is 5. The smallest absolute Gasteiger partial charge is 0.237 e. The molecule has 1 aliphatic heterocycles. The van der Waals surface area contributed by atoms with Crippen LogP contribution in [0.2, 0.25) is 0 Å². The van der Waals surface area contributed by atoms with Gasteiger partial charge in [-0.25, -0.2) is 0 Å². The first-order valence-corrected chi connectivity index (χ1v) is 5.71. The minimum atomic E-state index is -0.850. The molecule has 0 radical (unpaired) electrons. The Kier molecular flexibility index (Phi) is 5.88. The summed E-state index contributed by atoms with van der Waals surface area (Å²) in [4.78, 5) is 24.2. The van der Waals surface area contributed by atoms with E-state index in [-0.39, 0.29) is 12.3 Å². The lowest BCUT2D eigenvalue weighted by atomic mass is 10.2. The molecular weight excluding hydrogens is 224 g/mol. The number of nitrogens with two attached hydrogens (primary N) is 2. The van der Waals surface area contributed by atoms with Crippen LogP contribution in [0, 0.1) is 0 Å². The Labute approximate surface area is 100 Å². The van der Waals surface area contributed by atoms with E-state index in [0.29, 0.717) is 6.54 Å². The number of nitrogens with one attached hydrogen (secondary N) is 1. The summed E-state index contributed by atoms with van der Waals surface area (Å²) in [6.45, 7) is 4.50. The van der Waals surface area contributed by atoms with Gasteiger partial charge in [0.25, 0.3) is 0 Å². The Bertz CT molecular complexity index is 266. The topological polar surface area (TPSA) is 111 Å². The normalized spacial score (nSPS) is 18.6. The van der Waals surface area contributed by atoms with Crippen molar-refractivity contribution in [2.24, 2.45) is 11.5 Å². The van der Waals surface area contributed by atoms with Crippen molar-refractivity contribution in [1.29, 1.82) is 0 Å². The molecule has 1 rings (SSSR count). The predicted molar refractivity (Wildman–Crippen MR) is 62.1 cm³/mol. The second-order valence-corrected chi connectivity index (χ2v) is 4.02. The van der Waals surface area contributed by atoms with Crippen LogP contribution in [0.15, 0.2) is 0 Å². The molecule has 1 saturated heterocycles. The second kappa shape index (κ2) is 7.21. The van der Waals surface area contributed by atoms with Gasteiger partial charge in [0.1, 0.15) is 0 Å². The van der Waals surface area contributed by atoms with Gasteiger partial charge < -0.3 is 21.5 Å². The summed E-state index contributed by atoms with van der Waals surface area (Å²) in [6.07, 6.45) is -0.122. The van der Waals surface area contributed by atoms with E-state index in [1.165, 1.54) is 0 Å². The van der Waals surface area contributed by atoms with Crippen LogP contribution in [0.4, 0.5) is 0 Å². The summed E-state index contributed by atoms with van der Waals surface area (Å²) in [6, 6.07) is -0.850. The molecule has 0 aromatic rings. The lowest BCUT2D eigenvalue weighted by molar-refractivity contribution is -0.126. The number of nitrogens with zero attached hydrogens (tertiary/aromatic N) is 1. The molecule has 1 aliphatic rings. The average molecular weight is 244 g/mol. The van der Waals surface area contributed by atoms with Crippen molar-refractivity contribution in [1.82, 2.24) is 10.2 Å². The van der Waals surface area contributed by atoms with Gasteiger partial charge in [0, 0.05) is 26.2 Å². The molecule has 0 aromatic heterocycles. The zero-order valence-electron chi connectivity index (χ0n) is 9.85. The fraction of sp³-hybridized carbons (Fsp3) is 0.800. The Morgan fingerprint density at radius 2 is 2.00 bits per heavy atom. The number of amides is 2. The number of carbonyl (C=O) groups is 2. The van der Waals surface area contributed by atoms with Crippen molar-refractivity contribution >= 4 is 11.8 Å². The largest absolute Gasteiger partial charge is 0.379 e. The van der Waals surface area contributed by atoms with E-state index in [4.69, 9.17) is 16.2 Å². The first-order chi connectivity index (χ1) is 8.09. The fourth-order valence-corrected chi connectivity index (χ4v) is 1.60. The molecule has 17 heavy (non-hydrogen) atoms. The molecule has 7 heteroatoms. The van der Waals surface area contributed by atoms with Crippen LogP contribution >= 0.6 is 0 Å². The van der Waals surface area contributed by atoms with Crippen molar-refractivity contribution in [3.05, 3.63) is 0 Å². The first kappa shape index (κ1) is 13.9. The van der Waals surface area contributed by atoms with Gasteiger partial charge in [-0.05, 0) is 0 Å². The van der Waals surface area contributed by atoms with E-state index in [0.717, 1.165) is 32.8 Å². The number of carbonyl (C=O) groups excluding carboxylic acids is 2. The van der Waals surface area contributed by atoms with Crippen LogP contribution in [0.25, 0.3) is 0 Å². The summed E-state index contributed by atoms with van der Waals surface area (Å²) in [5.74, 6) is -0.905. The molecule has 98 valence electrons. The molecule has 5 N–H and O–H groups in total. The van der Waals surface area contributed by atoms with E-state index >= 15 is 0 Å². The number of morpholine rings is 1. The Balaban J connectivity index is 2.12. The highest BCUT2D eigenvalue weighted by Crippen LogP contribution is 1.95. The molecule has 0 aromatic carbocycles. The minimum absolute atomic E-state index is 0.122. The maximum absolute atomic E-state index is 11.4. The molecule has 2 amide bonds. The maximum Gasteiger partial charge on any atom is 0.237 e. The van der Waals surface area contributed by atoms with E-state index in [9.17, 15) is 9.59 Å². The highest BCUT2D eigenvalue weighted by Gasteiger charge is 2.16. The Morgan fingerprint density at radius 1 is 1.35 bits per heavy atom. The van der Waals surface area contributed by atoms with Gasteiger partial charge in [0.2, 0.25) is 11.8 Å². The molecule has 1 heterocycles. The van der Waals surface area contributed by atoms with E-state index in [2.05, 4.69) is 10.2 Å². The monoisotopic (exact) mass is 244 g/mol. The summed E-state index contributed by atoms with van der Waals surface area (Å²) in [7, 11) is 0. The summed E-state index contributed by atoms with van der Waals surface area (Å²) >= 11 is 0. The van der Waals surface area contributed by atoms with Crippen LogP contribution in [0.5, 0.6) is 0 Å². The van der Waals surface area contributed by atoms with Gasteiger partial charge in [-0.3, -0.25) is 14.5 Å². The molecule has 0 bridgehead atoms. The SMILES string of the molecule is NC(=O)CC(N)C(=O)NCCN1CCOCC1.